The average Bonchev–Trinajstić information content (AvgIpc) is 2.18. The number of benzene rings is 1. The molecule has 0 unspecified atom stereocenters. The summed E-state index contributed by atoms with van der Waals surface area (Å²) in [4.78, 5) is 11.2. The van der Waals surface area contributed by atoms with Gasteiger partial charge >= 0.3 is 5.97 Å². The monoisotopic (exact) mass is 368 g/mol. The third-order valence-corrected chi connectivity index (χ3v) is 4.53. The Balaban J connectivity index is 3.06. The first-order valence-corrected chi connectivity index (χ1v) is 5.93. The molecular formula is C10H10BrIO2. The number of carbonyl (C=O) groups excluding carboxylic acids is 1. The van der Waals surface area contributed by atoms with Crippen LogP contribution in [-0.4, -0.2) is 13.1 Å². The van der Waals surface area contributed by atoms with Crippen molar-refractivity contribution in [3.05, 3.63) is 31.3 Å². The maximum atomic E-state index is 11.2. The lowest BCUT2D eigenvalue weighted by Crippen LogP contribution is -2.07. The van der Waals surface area contributed by atoms with Crippen LogP contribution in [0.5, 0.6) is 0 Å². The van der Waals surface area contributed by atoms with Crippen molar-refractivity contribution in [1.82, 2.24) is 0 Å². The van der Waals surface area contributed by atoms with Crippen molar-refractivity contribution >= 4 is 44.5 Å². The third-order valence-electron chi connectivity index (χ3n) is 1.98. The molecule has 14 heavy (non-hydrogen) atoms. The van der Waals surface area contributed by atoms with Gasteiger partial charge in [-0.2, -0.15) is 0 Å². The topological polar surface area (TPSA) is 26.3 Å². The van der Waals surface area contributed by atoms with Gasteiger partial charge in [0.1, 0.15) is 0 Å². The van der Waals surface area contributed by atoms with E-state index in [0.717, 1.165) is 19.2 Å². The smallest absolute Gasteiger partial charge is 0.310 e. The van der Waals surface area contributed by atoms with E-state index in [9.17, 15) is 4.79 Å². The second-order valence-corrected chi connectivity index (χ2v) is 4.86. The molecule has 0 bridgehead atoms. The first-order chi connectivity index (χ1) is 6.56. The molecular weight excluding hydrogens is 359 g/mol. The van der Waals surface area contributed by atoms with Crippen LogP contribution in [0.1, 0.15) is 11.1 Å². The Morgan fingerprint density at radius 3 is 2.79 bits per heavy atom. The van der Waals surface area contributed by atoms with E-state index in [4.69, 9.17) is 0 Å². The minimum Gasteiger partial charge on any atom is -0.469 e. The van der Waals surface area contributed by atoms with Crippen molar-refractivity contribution in [2.45, 2.75) is 13.3 Å². The predicted molar refractivity (Wildman–Crippen MR) is 67.3 cm³/mol. The van der Waals surface area contributed by atoms with Crippen LogP contribution in [-0.2, 0) is 16.0 Å². The Kier molecular flexibility index (Phi) is 4.37. The molecule has 0 aliphatic rings. The molecule has 0 heterocycles. The molecule has 1 aromatic carbocycles. The van der Waals surface area contributed by atoms with Crippen LogP contribution in [0, 0.1) is 10.5 Å². The van der Waals surface area contributed by atoms with Crippen LogP contribution in [0.4, 0.5) is 0 Å². The summed E-state index contributed by atoms with van der Waals surface area (Å²) in [6.45, 7) is 1.99. The van der Waals surface area contributed by atoms with Gasteiger partial charge in [-0.15, -0.1) is 0 Å². The van der Waals surface area contributed by atoms with Crippen LogP contribution >= 0.6 is 38.5 Å². The molecule has 4 heteroatoms. The maximum absolute atomic E-state index is 11.2. The summed E-state index contributed by atoms with van der Waals surface area (Å²) >= 11 is 5.70. The molecule has 0 saturated heterocycles. The lowest BCUT2D eigenvalue weighted by Gasteiger charge is -2.08. The fraction of sp³-hybridized carbons (Fsp3) is 0.300. The van der Waals surface area contributed by atoms with Gasteiger partial charge in [-0.1, -0.05) is 6.07 Å². The molecule has 0 radical (unpaired) electrons. The van der Waals surface area contributed by atoms with E-state index < -0.39 is 0 Å². The number of carbonyl (C=O) groups is 1. The van der Waals surface area contributed by atoms with E-state index in [1.54, 1.807) is 0 Å². The zero-order chi connectivity index (χ0) is 10.7. The largest absolute Gasteiger partial charge is 0.469 e. The number of hydrogen-bond acceptors (Lipinski definition) is 2. The summed E-state index contributed by atoms with van der Waals surface area (Å²) in [6.07, 6.45) is 0.319. The summed E-state index contributed by atoms with van der Waals surface area (Å²) in [5.41, 5.74) is 2.10. The molecule has 76 valence electrons. The van der Waals surface area contributed by atoms with E-state index in [2.05, 4.69) is 43.3 Å². The van der Waals surface area contributed by atoms with Crippen molar-refractivity contribution < 1.29 is 9.53 Å². The molecule has 2 nitrogen and oxygen atoms in total. The van der Waals surface area contributed by atoms with Crippen molar-refractivity contribution in [2.24, 2.45) is 0 Å². The average molecular weight is 369 g/mol. The summed E-state index contributed by atoms with van der Waals surface area (Å²) < 4.78 is 6.73. The highest BCUT2D eigenvalue weighted by atomic mass is 127. The van der Waals surface area contributed by atoms with Gasteiger partial charge in [0, 0.05) is 8.04 Å². The third kappa shape index (κ3) is 2.70. The van der Waals surface area contributed by atoms with E-state index >= 15 is 0 Å². The lowest BCUT2D eigenvalue weighted by atomic mass is 10.1. The summed E-state index contributed by atoms with van der Waals surface area (Å²) in [5, 5.41) is 0. The standard InChI is InChI=1S/C10H10BrIO2/c1-6-3-4-8(12)10(11)7(6)5-9(13)14-2/h3-4H,5H2,1-2H3. The molecule has 0 spiro atoms. The normalized spacial score (nSPS) is 10.0. The minimum absolute atomic E-state index is 0.212. The summed E-state index contributed by atoms with van der Waals surface area (Å²) in [5.74, 6) is -0.212. The van der Waals surface area contributed by atoms with Gasteiger partial charge in [-0.25, -0.2) is 0 Å². The molecule has 1 aromatic rings. The number of hydrogen-bond donors (Lipinski definition) is 0. The second kappa shape index (κ2) is 5.11. The lowest BCUT2D eigenvalue weighted by molar-refractivity contribution is -0.139. The molecule has 0 aromatic heterocycles. The summed E-state index contributed by atoms with van der Waals surface area (Å²) in [7, 11) is 1.40. The van der Waals surface area contributed by atoms with Crippen molar-refractivity contribution in [3.8, 4) is 0 Å². The molecule has 0 aliphatic carbocycles. The Hall–Kier alpha value is -0.100. The number of methoxy groups -OCH3 is 1. The van der Waals surface area contributed by atoms with Crippen molar-refractivity contribution in [3.63, 3.8) is 0 Å². The predicted octanol–water partition coefficient (Wildman–Crippen LogP) is 3.08. The molecule has 0 fully saturated rings. The molecule has 0 saturated carbocycles. The molecule has 0 amide bonds. The summed E-state index contributed by atoms with van der Waals surface area (Å²) in [6, 6.07) is 4.02. The fourth-order valence-electron chi connectivity index (χ4n) is 1.12. The second-order valence-electron chi connectivity index (χ2n) is 2.91. The van der Waals surface area contributed by atoms with Crippen LogP contribution in [0.2, 0.25) is 0 Å². The maximum Gasteiger partial charge on any atom is 0.310 e. The van der Waals surface area contributed by atoms with E-state index in [1.165, 1.54) is 7.11 Å². The quantitative estimate of drug-likeness (QED) is 0.592. The SMILES string of the molecule is COC(=O)Cc1c(C)ccc(I)c1Br. The van der Waals surface area contributed by atoms with Crippen molar-refractivity contribution in [2.75, 3.05) is 7.11 Å². The zero-order valence-electron chi connectivity index (χ0n) is 7.93. The van der Waals surface area contributed by atoms with Crippen LogP contribution in [0.3, 0.4) is 0 Å². The van der Waals surface area contributed by atoms with Gasteiger partial charge in [0.2, 0.25) is 0 Å². The minimum atomic E-state index is -0.212. The fourth-order valence-corrected chi connectivity index (χ4v) is 2.21. The van der Waals surface area contributed by atoms with Gasteiger partial charge < -0.3 is 4.74 Å². The van der Waals surface area contributed by atoms with E-state index in [1.807, 2.05) is 19.1 Å². The van der Waals surface area contributed by atoms with Crippen LogP contribution < -0.4 is 0 Å². The van der Waals surface area contributed by atoms with E-state index in [-0.39, 0.29) is 5.97 Å². The molecule has 0 aliphatic heterocycles. The first kappa shape index (κ1) is 12.0. The molecule has 0 atom stereocenters. The molecule has 0 N–H and O–H groups in total. The highest BCUT2D eigenvalue weighted by molar-refractivity contribution is 14.1. The van der Waals surface area contributed by atoms with Gasteiger partial charge in [0.25, 0.3) is 0 Å². The van der Waals surface area contributed by atoms with Crippen LogP contribution in [0.15, 0.2) is 16.6 Å². The van der Waals surface area contributed by atoms with Gasteiger partial charge in [0.05, 0.1) is 13.5 Å². The number of rotatable bonds is 2. The van der Waals surface area contributed by atoms with E-state index in [0.29, 0.717) is 6.42 Å². The highest BCUT2D eigenvalue weighted by Gasteiger charge is 2.11. The molecule has 1 rings (SSSR count). The number of esters is 1. The first-order valence-electron chi connectivity index (χ1n) is 4.06. The Bertz CT molecular complexity index is 363. The Labute approximate surface area is 105 Å². The van der Waals surface area contributed by atoms with Gasteiger partial charge in [-0.3, -0.25) is 4.79 Å². The van der Waals surface area contributed by atoms with Crippen molar-refractivity contribution in [1.29, 1.82) is 0 Å². The van der Waals surface area contributed by atoms with Gasteiger partial charge in [0.15, 0.2) is 0 Å². The zero-order valence-corrected chi connectivity index (χ0v) is 11.7. The number of ether oxygens (including phenoxy) is 1. The number of aryl methyl sites for hydroxylation is 1. The highest BCUT2D eigenvalue weighted by Crippen LogP contribution is 2.26. The Morgan fingerprint density at radius 2 is 2.21 bits per heavy atom. The van der Waals surface area contributed by atoms with Gasteiger partial charge in [-0.05, 0) is 62.6 Å². The Morgan fingerprint density at radius 1 is 1.57 bits per heavy atom. The number of halogens is 2. The van der Waals surface area contributed by atoms with Crippen LogP contribution in [0.25, 0.3) is 0 Å².